The Kier molecular flexibility index (Phi) is 6.03. The number of phenolic OH excluding ortho intramolecular Hbond substituents is 1. The quantitative estimate of drug-likeness (QED) is 0.315. The number of para-hydroxylation sites is 3. The highest BCUT2D eigenvalue weighted by atomic mass is 35.5. The van der Waals surface area contributed by atoms with Crippen LogP contribution >= 0.6 is 23.4 Å². The summed E-state index contributed by atoms with van der Waals surface area (Å²) >= 11 is 7.66. The maximum atomic E-state index is 10.3. The highest BCUT2D eigenvalue weighted by molar-refractivity contribution is 7.99. The molecule has 0 unspecified atom stereocenters. The molecule has 1 aromatic heterocycles. The van der Waals surface area contributed by atoms with Gasteiger partial charge in [-0.2, -0.15) is 0 Å². The Morgan fingerprint density at radius 3 is 2.41 bits per heavy atom. The summed E-state index contributed by atoms with van der Waals surface area (Å²) in [7, 11) is 0. The summed E-state index contributed by atoms with van der Waals surface area (Å²) < 4.78 is 7.70. The molecule has 3 aromatic carbocycles. The molecule has 0 saturated carbocycles. The van der Waals surface area contributed by atoms with Gasteiger partial charge in [0.25, 0.3) is 0 Å². The first-order valence-corrected chi connectivity index (χ1v) is 10.4. The lowest BCUT2D eigenvalue weighted by Crippen LogP contribution is -2.03. The third kappa shape index (κ3) is 4.39. The van der Waals surface area contributed by atoms with E-state index in [-0.39, 0.29) is 5.75 Å². The van der Waals surface area contributed by atoms with Crippen molar-refractivity contribution in [3.8, 4) is 28.6 Å². The van der Waals surface area contributed by atoms with Crippen molar-refractivity contribution in [1.29, 1.82) is 0 Å². The van der Waals surface area contributed by atoms with E-state index in [1.54, 1.807) is 18.2 Å². The van der Waals surface area contributed by atoms with Gasteiger partial charge in [0.1, 0.15) is 11.5 Å². The summed E-state index contributed by atoms with van der Waals surface area (Å²) in [5.74, 6) is 2.07. The monoisotopic (exact) mass is 423 g/mol. The Morgan fingerprint density at radius 1 is 0.897 bits per heavy atom. The van der Waals surface area contributed by atoms with Crippen LogP contribution in [0.3, 0.4) is 0 Å². The second-order valence-corrected chi connectivity index (χ2v) is 7.59. The van der Waals surface area contributed by atoms with Crippen molar-refractivity contribution in [2.75, 3.05) is 12.4 Å². The van der Waals surface area contributed by atoms with Gasteiger partial charge in [0.2, 0.25) is 0 Å². The smallest absolute Gasteiger partial charge is 0.196 e. The number of nitrogens with zero attached hydrogens (tertiary/aromatic N) is 3. The third-order valence-corrected chi connectivity index (χ3v) is 5.41. The molecule has 7 heteroatoms. The highest BCUT2D eigenvalue weighted by Crippen LogP contribution is 2.32. The van der Waals surface area contributed by atoms with Crippen LogP contribution in [0.5, 0.6) is 11.5 Å². The summed E-state index contributed by atoms with van der Waals surface area (Å²) in [6, 6.07) is 24.4. The molecular weight excluding hydrogens is 406 g/mol. The molecular formula is C22H18ClN3O2S. The lowest BCUT2D eigenvalue weighted by Gasteiger charge is -2.11. The first kappa shape index (κ1) is 19.4. The van der Waals surface area contributed by atoms with Crippen molar-refractivity contribution in [2.24, 2.45) is 0 Å². The van der Waals surface area contributed by atoms with Crippen LogP contribution in [0.2, 0.25) is 5.02 Å². The van der Waals surface area contributed by atoms with Crippen molar-refractivity contribution in [2.45, 2.75) is 5.16 Å². The number of thioether (sulfide) groups is 1. The van der Waals surface area contributed by atoms with Gasteiger partial charge in [-0.1, -0.05) is 65.8 Å². The van der Waals surface area contributed by atoms with E-state index >= 15 is 0 Å². The minimum Gasteiger partial charge on any atom is -0.507 e. The van der Waals surface area contributed by atoms with Gasteiger partial charge < -0.3 is 9.84 Å². The van der Waals surface area contributed by atoms with Gasteiger partial charge in [0, 0.05) is 11.4 Å². The number of phenols is 1. The molecule has 0 saturated heterocycles. The molecule has 0 amide bonds. The van der Waals surface area contributed by atoms with Crippen molar-refractivity contribution in [3.05, 3.63) is 83.9 Å². The van der Waals surface area contributed by atoms with Crippen molar-refractivity contribution < 1.29 is 9.84 Å². The SMILES string of the molecule is Oc1ccccc1-c1nnc(SCCOc2ccccc2Cl)n1-c1ccccc1. The fraction of sp³-hybridized carbons (Fsp3) is 0.0909. The van der Waals surface area contributed by atoms with Crippen LogP contribution in [0.4, 0.5) is 0 Å². The number of benzene rings is 3. The number of aromatic hydroxyl groups is 1. The van der Waals surface area contributed by atoms with Crippen LogP contribution in [-0.2, 0) is 0 Å². The molecule has 0 fully saturated rings. The second-order valence-electron chi connectivity index (χ2n) is 6.12. The molecule has 146 valence electrons. The minimum absolute atomic E-state index is 0.163. The molecule has 1 N–H and O–H groups in total. The van der Waals surface area contributed by atoms with Gasteiger partial charge >= 0.3 is 0 Å². The molecule has 4 aromatic rings. The largest absolute Gasteiger partial charge is 0.507 e. The summed E-state index contributed by atoms with van der Waals surface area (Å²) in [6.07, 6.45) is 0. The van der Waals surface area contributed by atoms with E-state index in [1.165, 1.54) is 11.8 Å². The molecule has 0 aliphatic rings. The second kappa shape index (κ2) is 9.03. The third-order valence-electron chi connectivity index (χ3n) is 4.20. The van der Waals surface area contributed by atoms with Gasteiger partial charge in [-0.3, -0.25) is 4.57 Å². The Labute approximate surface area is 177 Å². The first-order chi connectivity index (χ1) is 14.2. The molecule has 29 heavy (non-hydrogen) atoms. The Hall–Kier alpha value is -2.96. The lowest BCUT2D eigenvalue weighted by molar-refractivity contribution is 0.344. The maximum Gasteiger partial charge on any atom is 0.196 e. The van der Waals surface area contributed by atoms with Crippen LogP contribution in [0.25, 0.3) is 17.1 Å². The lowest BCUT2D eigenvalue weighted by atomic mass is 10.2. The van der Waals surface area contributed by atoms with Crippen LogP contribution in [0.1, 0.15) is 0 Å². The van der Waals surface area contributed by atoms with Crippen molar-refractivity contribution >= 4 is 23.4 Å². The van der Waals surface area contributed by atoms with E-state index in [0.29, 0.717) is 34.5 Å². The van der Waals surface area contributed by atoms with Gasteiger partial charge in [0.05, 0.1) is 17.2 Å². The molecule has 0 aliphatic carbocycles. The van der Waals surface area contributed by atoms with Crippen LogP contribution in [0.15, 0.2) is 84.0 Å². The van der Waals surface area contributed by atoms with E-state index in [0.717, 1.165) is 10.8 Å². The maximum absolute atomic E-state index is 10.3. The number of hydrogen-bond acceptors (Lipinski definition) is 5. The number of halogens is 1. The van der Waals surface area contributed by atoms with E-state index in [2.05, 4.69) is 10.2 Å². The Bertz CT molecular complexity index is 1100. The van der Waals surface area contributed by atoms with Gasteiger partial charge in [0.15, 0.2) is 11.0 Å². The van der Waals surface area contributed by atoms with Crippen LogP contribution in [-0.4, -0.2) is 32.2 Å². The van der Waals surface area contributed by atoms with Gasteiger partial charge in [-0.25, -0.2) is 0 Å². The molecule has 0 aliphatic heterocycles. The van der Waals surface area contributed by atoms with Crippen molar-refractivity contribution in [3.63, 3.8) is 0 Å². The molecule has 0 spiro atoms. The number of rotatable bonds is 7. The average molecular weight is 424 g/mol. The first-order valence-electron chi connectivity index (χ1n) is 9.03. The molecule has 1 heterocycles. The van der Waals surface area contributed by atoms with Crippen molar-refractivity contribution in [1.82, 2.24) is 14.8 Å². The number of hydrogen-bond donors (Lipinski definition) is 1. The topological polar surface area (TPSA) is 60.2 Å². The summed E-state index contributed by atoms with van der Waals surface area (Å²) in [5.41, 5.74) is 1.55. The average Bonchev–Trinajstić information content (AvgIpc) is 3.17. The Morgan fingerprint density at radius 2 is 1.62 bits per heavy atom. The number of ether oxygens (including phenoxy) is 1. The van der Waals surface area contributed by atoms with E-state index in [1.807, 2.05) is 65.2 Å². The fourth-order valence-electron chi connectivity index (χ4n) is 2.86. The predicted octanol–water partition coefficient (Wildman–Crippen LogP) is 5.46. The molecule has 4 rings (SSSR count). The summed E-state index contributed by atoms with van der Waals surface area (Å²) in [6.45, 7) is 0.474. The molecule has 0 bridgehead atoms. The zero-order chi connectivity index (χ0) is 20.1. The molecule has 0 radical (unpaired) electrons. The molecule has 0 atom stereocenters. The molecule has 5 nitrogen and oxygen atoms in total. The van der Waals surface area contributed by atoms with Crippen LogP contribution < -0.4 is 4.74 Å². The predicted molar refractivity (Wildman–Crippen MR) is 116 cm³/mol. The Balaban J connectivity index is 1.57. The van der Waals surface area contributed by atoms with Gasteiger partial charge in [-0.15, -0.1) is 10.2 Å². The van der Waals surface area contributed by atoms with E-state index < -0.39 is 0 Å². The number of aromatic nitrogens is 3. The van der Waals surface area contributed by atoms with E-state index in [4.69, 9.17) is 16.3 Å². The normalized spacial score (nSPS) is 10.8. The summed E-state index contributed by atoms with van der Waals surface area (Å²) in [5, 5.41) is 20.3. The van der Waals surface area contributed by atoms with Crippen LogP contribution in [0, 0.1) is 0 Å². The standard InChI is InChI=1S/C22H18ClN3O2S/c23-18-11-5-7-13-20(18)28-14-15-29-22-25-24-21(17-10-4-6-12-19(17)27)26(22)16-8-2-1-3-9-16/h1-13,27H,14-15H2. The minimum atomic E-state index is 0.163. The zero-order valence-electron chi connectivity index (χ0n) is 15.4. The van der Waals surface area contributed by atoms with Gasteiger partial charge in [-0.05, 0) is 36.4 Å². The fourth-order valence-corrected chi connectivity index (χ4v) is 3.82. The zero-order valence-corrected chi connectivity index (χ0v) is 17.0. The highest BCUT2D eigenvalue weighted by Gasteiger charge is 2.18. The van der Waals surface area contributed by atoms with E-state index in [9.17, 15) is 5.11 Å². The summed E-state index contributed by atoms with van der Waals surface area (Å²) in [4.78, 5) is 0.